The van der Waals surface area contributed by atoms with Gasteiger partial charge in [0.2, 0.25) is 11.8 Å². The molecule has 2 rings (SSSR count). The zero-order chi connectivity index (χ0) is 14.4. The summed E-state index contributed by atoms with van der Waals surface area (Å²) < 4.78 is 5.22. The minimum atomic E-state index is -0.630. The summed E-state index contributed by atoms with van der Waals surface area (Å²) in [6, 6.07) is 3.71. The molecule has 108 valence electrons. The van der Waals surface area contributed by atoms with Crippen LogP contribution in [0.1, 0.15) is 5.56 Å². The number of carbonyl (C=O) groups excluding carboxylic acids is 2. The van der Waals surface area contributed by atoms with E-state index in [0.717, 1.165) is 5.56 Å². The molecule has 7 nitrogen and oxygen atoms in total. The van der Waals surface area contributed by atoms with Crippen molar-refractivity contribution in [2.24, 2.45) is 5.73 Å². The van der Waals surface area contributed by atoms with Gasteiger partial charge >= 0.3 is 0 Å². The minimum Gasteiger partial charge on any atom is -0.367 e. The molecule has 2 amide bonds. The maximum absolute atomic E-state index is 11.8. The molecule has 20 heavy (non-hydrogen) atoms. The fourth-order valence-electron chi connectivity index (χ4n) is 1.98. The van der Waals surface area contributed by atoms with Gasteiger partial charge in [-0.1, -0.05) is 6.07 Å². The van der Waals surface area contributed by atoms with Crippen molar-refractivity contribution < 1.29 is 14.3 Å². The Hall–Kier alpha value is -1.99. The van der Waals surface area contributed by atoms with E-state index in [1.165, 1.54) is 0 Å². The molecule has 1 aliphatic heterocycles. The molecule has 1 atom stereocenters. The first-order chi connectivity index (χ1) is 9.65. The van der Waals surface area contributed by atoms with Gasteiger partial charge in [-0.05, 0) is 11.6 Å². The largest absolute Gasteiger partial charge is 0.367 e. The van der Waals surface area contributed by atoms with E-state index >= 15 is 0 Å². The first kappa shape index (κ1) is 14.4. The van der Waals surface area contributed by atoms with Crippen LogP contribution in [-0.4, -0.2) is 54.0 Å². The lowest BCUT2D eigenvalue weighted by molar-refractivity contribution is -0.137. The van der Waals surface area contributed by atoms with E-state index in [2.05, 4.69) is 10.3 Å². The SMILES string of the molecule is NC(=O)C1CN(CC(=O)NCc2cccnc2)CCO1. The summed E-state index contributed by atoms with van der Waals surface area (Å²) in [5.74, 6) is -0.593. The Kier molecular flexibility index (Phi) is 5.03. The van der Waals surface area contributed by atoms with Crippen molar-refractivity contribution in [1.29, 1.82) is 0 Å². The zero-order valence-electron chi connectivity index (χ0n) is 11.1. The Balaban J connectivity index is 1.75. The van der Waals surface area contributed by atoms with E-state index in [4.69, 9.17) is 10.5 Å². The smallest absolute Gasteiger partial charge is 0.247 e. The van der Waals surface area contributed by atoms with Gasteiger partial charge in [0.15, 0.2) is 0 Å². The molecule has 0 radical (unpaired) electrons. The number of rotatable bonds is 5. The van der Waals surface area contributed by atoms with Crippen LogP contribution in [0.3, 0.4) is 0 Å². The first-order valence-electron chi connectivity index (χ1n) is 6.44. The number of amides is 2. The number of aromatic nitrogens is 1. The second-order valence-corrected chi connectivity index (χ2v) is 4.63. The summed E-state index contributed by atoms with van der Waals surface area (Å²) in [6.07, 6.45) is 2.76. The molecule has 2 heterocycles. The van der Waals surface area contributed by atoms with Gasteiger partial charge in [-0.25, -0.2) is 0 Å². The number of nitrogens with zero attached hydrogens (tertiary/aromatic N) is 2. The second-order valence-electron chi connectivity index (χ2n) is 4.63. The highest BCUT2D eigenvalue weighted by Crippen LogP contribution is 2.04. The van der Waals surface area contributed by atoms with Gasteiger partial charge < -0.3 is 15.8 Å². The molecule has 0 bridgehead atoms. The molecule has 7 heteroatoms. The Morgan fingerprint density at radius 2 is 2.40 bits per heavy atom. The summed E-state index contributed by atoms with van der Waals surface area (Å²) in [6.45, 7) is 2.05. The Morgan fingerprint density at radius 1 is 1.55 bits per heavy atom. The molecule has 1 aliphatic rings. The van der Waals surface area contributed by atoms with Crippen molar-refractivity contribution in [2.75, 3.05) is 26.2 Å². The van der Waals surface area contributed by atoms with Crippen LogP contribution in [0, 0.1) is 0 Å². The molecular formula is C13H18N4O3. The van der Waals surface area contributed by atoms with Crippen LogP contribution in [0.4, 0.5) is 0 Å². The predicted molar refractivity (Wildman–Crippen MR) is 71.5 cm³/mol. The lowest BCUT2D eigenvalue weighted by Crippen LogP contribution is -2.50. The average molecular weight is 278 g/mol. The van der Waals surface area contributed by atoms with Crippen molar-refractivity contribution in [3.05, 3.63) is 30.1 Å². The van der Waals surface area contributed by atoms with Crippen LogP contribution in [-0.2, 0) is 20.9 Å². The summed E-state index contributed by atoms with van der Waals surface area (Å²) in [7, 11) is 0. The number of pyridine rings is 1. The van der Waals surface area contributed by atoms with Crippen LogP contribution in [0.2, 0.25) is 0 Å². The molecule has 1 fully saturated rings. The summed E-state index contributed by atoms with van der Waals surface area (Å²) in [5, 5.41) is 2.81. The molecule has 0 aliphatic carbocycles. The lowest BCUT2D eigenvalue weighted by Gasteiger charge is -2.30. The van der Waals surface area contributed by atoms with E-state index in [0.29, 0.717) is 26.2 Å². The van der Waals surface area contributed by atoms with Crippen LogP contribution >= 0.6 is 0 Å². The van der Waals surface area contributed by atoms with Crippen molar-refractivity contribution in [2.45, 2.75) is 12.6 Å². The third-order valence-corrected chi connectivity index (χ3v) is 3.05. The van der Waals surface area contributed by atoms with Gasteiger partial charge in [-0.3, -0.25) is 19.5 Å². The van der Waals surface area contributed by atoms with Crippen molar-refractivity contribution in [3.8, 4) is 0 Å². The highest BCUT2D eigenvalue weighted by atomic mass is 16.5. The third-order valence-electron chi connectivity index (χ3n) is 3.05. The predicted octanol–water partition coefficient (Wildman–Crippen LogP) is -1.12. The van der Waals surface area contributed by atoms with E-state index < -0.39 is 12.0 Å². The fraction of sp³-hybridized carbons (Fsp3) is 0.462. The first-order valence-corrected chi connectivity index (χ1v) is 6.44. The van der Waals surface area contributed by atoms with E-state index in [-0.39, 0.29) is 12.5 Å². The monoisotopic (exact) mass is 278 g/mol. The van der Waals surface area contributed by atoms with Gasteiger partial charge in [0.25, 0.3) is 0 Å². The molecular weight excluding hydrogens is 260 g/mol. The molecule has 0 spiro atoms. The molecule has 1 unspecified atom stereocenters. The molecule has 0 saturated carbocycles. The number of primary amides is 1. The van der Waals surface area contributed by atoms with Gasteiger partial charge in [0.1, 0.15) is 6.10 Å². The fourth-order valence-corrected chi connectivity index (χ4v) is 1.98. The van der Waals surface area contributed by atoms with Gasteiger partial charge in [-0.2, -0.15) is 0 Å². The standard InChI is InChI=1S/C13H18N4O3/c14-13(19)11-8-17(4-5-20-11)9-12(18)16-7-10-2-1-3-15-6-10/h1-3,6,11H,4-5,7-9H2,(H2,14,19)(H,16,18). The second kappa shape index (κ2) is 6.97. The van der Waals surface area contributed by atoms with Crippen LogP contribution in [0.25, 0.3) is 0 Å². The number of ether oxygens (including phenoxy) is 1. The van der Waals surface area contributed by atoms with Gasteiger partial charge in [0.05, 0.1) is 13.2 Å². The third kappa shape index (κ3) is 4.29. The van der Waals surface area contributed by atoms with Crippen molar-refractivity contribution in [3.63, 3.8) is 0 Å². The quantitative estimate of drug-likeness (QED) is 0.711. The van der Waals surface area contributed by atoms with Gasteiger partial charge in [-0.15, -0.1) is 0 Å². The normalized spacial score (nSPS) is 19.5. The zero-order valence-corrected chi connectivity index (χ0v) is 11.1. The molecule has 1 aromatic rings. The number of hydrogen-bond donors (Lipinski definition) is 2. The lowest BCUT2D eigenvalue weighted by atomic mass is 10.2. The summed E-state index contributed by atoms with van der Waals surface area (Å²) in [5.41, 5.74) is 6.14. The Bertz CT molecular complexity index is 466. The van der Waals surface area contributed by atoms with Crippen LogP contribution < -0.4 is 11.1 Å². The Labute approximate surface area is 117 Å². The summed E-state index contributed by atoms with van der Waals surface area (Å²) in [4.78, 5) is 28.7. The number of nitrogens with two attached hydrogens (primary N) is 1. The average Bonchev–Trinajstić information content (AvgIpc) is 2.46. The van der Waals surface area contributed by atoms with Crippen molar-refractivity contribution >= 4 is 11.8 Å². The number of morpholine rings is 1. The number of nitrogens with one attached hydrogen (secondary N) is 1. The van der Waals surface area contributed by atoms with Gasteiger partial charge in [0, 0.05) is 32.0 Å². The molecule has 0 aromatic carbocycles. The molecule has 1 saturated heterocycles. The highest BCUT2D eigenvalue weighted by Gasteiger charge is 2.25. The summed E-state index contributed by atoms with van der Waals surface area (Å²) >= 11 is 0. The molecule has 3 N–H and O–H groups in total. The van der Waals surface area contributed by atoms with Crippen molar-refractivity contribution in [1.82, 2.24) is 15.2 Å². The van der Waals surface area contributed by atoms with Crippen LogP contribution in [0.5, 0.6) is 0 Å². The minimum absolute atomic E-state index is 0.0982. The topological polar surface area (TPSA) is 97.6 Å². The highest BCUT2D eigenvalue weighted by molar-refractivity contribution is 5.80. The van der Waals surface area contributed by atoms with E-state index in [1.807, 2.05) is 17.0 Å². The number of carbonyl (C=O) groups is 2. The maximum Gasteiger partial charge on any atom is 0.247 e. The Morgan fingerprint density at radius 3 is 3.10 bits per heavy atom. The number of hydrogen-bond acceptors (Lipinski definition) is 5. The maximum atomic E-state index is 11.8. The van der Waals surface area contributed by atoms with E-state index in [9.17, 15) is 9.59 Å². The van der Waals surface area contributed by atoms with Crippen LogP contribution in [0.15, 0.2) is 24.5 Å². The molecule has 1 aromatic heterocycles. The van der Waals surface area contributed by atoms with E-state index in [1.54, 1.807) is 12.4 Å².